The molecule has 2 aliphatic heterocycles. The van der Waals surface area contributed by atoms with E-state index < -0.39 is 5.82 Å². The molecule has 0 aromatic carbocycles. The molecular weight excluding hydrogens is 339 g/mol. The van der Waals surface area contributed by atoms with Crippen molar-refractivity contribution in [2.24, 2.45) is 5.92 Å². The van der Waals surface area contributed by atoms with Gasteiger partial charge in [0, 0.05) is 38.3 Å². The number of aromatic nitrogens is 1. The van der Waals surface area contributed by atoms with E-state index in [9.17, 15) is 14.0 Å². The first kappa shape index (κ1) is 18.6. The van der Waals surface area contributed by atoms with Crippen LogP contribution in [0, 0.1) is 11.7 Å². The maximum atomic E-state index is 13.3. The van der Waals surface area contributed by atoms with Crippen LogP contribution >= 0.6 is 0 Å². The number of likely N-dealkylation sites (tertiary alicyclic amines) is 1. The van der Waals surface area contributed by atoms with E-state index in [2.05, 4.69) is 10.3 Å². The quantitative estimate of drug-likeness (QED) is 0.883. The Bertz CT molecular complexity index is 643. The van der Waals surface area contributed by atoms with Gasteiger partial charge in [-0.25, -0.2) is 9.18 Å². The molecule has 142 valence electrons. The lowest BCUT2D eigenvalue weighted by Crippen LogP contribution is -2.49. The number of halogens is 1. The Morgan fingerprint density at radius 1 is 1.19 bits per heavy atom. The first-order chi connectivity index (χ1) is 12.5. The second kappa shape index (κ2) is 8.44. The molecule has 1 aromatic heterocycles. The Morgan fingerprint density at radius 3 is 2.54 bits per heavy atom. The number of hydrogen-bond acceptors (Lipinski definition) is 4. The summed E-state index contributed by atoms with van der Waals surface area (Å²) in [5.74, 6) is -0.277. The minimum Gasteiger partial charge on any atom is -0.378 e. The maximum absolute atomic E-state index is 13.3. The van der Waals surface area contributed by atoms with Gasteiger partial charge in [-0.3, -0.25) is 9.78 Å². The number of carbonyl (C=O) groups excluding carboxylic acids is 2. The molecule has 2 aliphatic rings. The number of carbonyl (C=O) groups is 2. The Labute approximate surface area is 152 Å². The predicted molar refractivity (Wildman–Crippen MR) is 92.8 cm³/mol. The molecule has 26 heavy (non-hydrogen) atoms. The highest BCUT2D eigenvalue weighted by Gasteiger charge is 2.31. The number of morpholine rings is 1. The van der Waals surface area contributed by atoms with Gasteiger partial charge in [0.25, 0.3) is 0 Å². The lowest BCUT2D eigenvalue weighted by molar-refractivity contribution is -0.141. The van der Waals surface area contributed by atoms with E-state index in [-0.39, 0.29) is 23.9 Å². The van der Waals surface area contributed by atoms with Gasteiger partial charge >= 0.3 is 6.03 Å². The largest absolute Gasteiger partial charge is 0.378 e. The van der Waals surface area contributed by atoms with E-state index in [1.54, 1.807) is 18.0 Å². The number of piperidine rings is 1. The number of urea groups is 1. The number of rotatable bonds is 3. The van der Waals surface area contributed by atoms with Crippen LogP contribution in [0.25, 0.3) is 0 Å². The second-order valence-corrected chi connectivity index (χ2v) is 6.81. The van der Waals surface area contributed by atoms with Crippen LogP contribution in [0.5, 0.6) is 0 Å². The zero-order chi connectivity index (χ0) is 18.5. The topological polar surface area (TPSA) is 74.8 Å². The maximum Gasteiger partial charge on any atom is 0.317 e. The number of ether oxygens (including phenoxy) is 1. The molecule has 3 heterocycles. The monoisotopic (exact) mass is 364 g/mol. The smallest absolute Gasteiger partial charge is 0.317 e. The van der Waals surface area contributed by atoms with E-state index in [1.807, 2.05) is 4.90 Å². The summed E-state index contributed by atoms with van der Waals surface area (Å²) in [7, 11) is 0. The van der Waals surface area contributed by atoms with Gasteiger partial charge in [0.05, 0.1) is 25.5 Å². The summed E-state index contributed by atoms with van der Waals surface area (Å²) in [6, 6.07) is 0.836. The summed E-state index contributed by atoms with van der Waals surface area (Å²) in [6.45, 7) is 5.38. The molecule has 1 atom stereocenters. The van der Waals surface area contributed by atoms with Crippen molar-refractivity contribution in [1.29, 1.82) is 0 Å². The van der Waals surface area contributed by atoms with Gasteiger partial charge in [-0.2, -0.15) is 0 Å². The second-order valence-electron chi connectivity index (χ2n) is 6.81. The fourth-order valence-electron chi connectivity index (χ4n) is 3.40. The number of nitrogens with one attached hydrogen (secondary N) is 1. The van der Waals surface area contributed by atoms with Crippen LogP contribution in [-0.4, -0.2) is 66.1 Å². The van der Waals surface area contributed by atoms with Gasteiger partial charge in [0.1, 0.15) is 5.82 Å². The van der Waals surface area contributed by atoms with E-state index >= 15 is 0 Å². The zero-order valence-corrected chi connectivity index (χ0v) is 15.0. The van der Waals surface area contributed by atoms with Crippen LogP contribution in [0.1, 0.15) is 31.4 Å². The minimum absolute atomic E-state index is 0.0259. The zero-order valence-electron chi connectivity index (χ0n) is 15.0. The van der Waals surface area contributed by atoms with Crippen molar-refractivity contribution in [2.75, 3.05) is 39.4 Å². The highest BCUT2D eigenvalue weighted by atomic mass is 19.1. The first-order valence-electron chi connectivity index (χ1n) is 9.07. The molecule has 0 aliphatic carbocycles. The van der Waals surface area contributed by atoms with Crippen LogP contribution < -0.4 is 5.32 Å². The molecule has 3 amide bonds. The van der Waals surface area contributed by atoms with Gasteiger partial charge in [-0.15, -0.1) is 0 Å². The van der Waals surface area contributed by atoms with Crippen LogP contribution in [0.15, 0.2) is 18.5 Å². The Kier molecular flexibility index (Phi) is 6.03. The lowest BCUT2D eigenvalue weighted by atomic mass is 9.95. The van der Waals surface area contributed by atoms with Crippen molar-refractivity contribution in [3.05, 3.63) is 29.8 Å². The van der Waals surface area contributed by atoms with Gasteiger partial charge in [0.2, 0.25) is 5.91 Å². The van der Waals surface area contributed by atoms with Crippen molar-refractivity contribution < 1.29 is 18.7 Å². The summed E-state index contributed by atoms with van der Waals surface area (Å²) in [6.07, 6.45) is 4.01. The molecule has 0 radical (unpaired) electrons. The molecule has 3 rings (SSSR count). The van der Waals surface area contributed by atoms with Crippen LogP contribution in [0.2, 0.25) is 0 Å². The molecule has 0 saturated carbocycles. The normalized spacial score (nSPS) is 19.9. The van der Waals surface area contributed by atoms with Gasteiger partial charge in [-0.05, 0) is 31.4 Å². The van der Waals surface area contributed by atoms with Crippen LogP contribution in [0.4, 0.5) is 9.18 Å². The van der Waals surface area contributed by atoms with Crippen molar-refractivity contribution in [1.82, 2.24) is 20.1 Å². The molecular formula is C18H25FN4O3. The number of pyridine rings is 1. The lowest BCUT2D eigenvalue weighted by Gasteiger charge is -2.35. The molecule has 1 aromatic rings. The molecule has 7 nitrogen and oxygen atoms in total. The molecule has 1 unspecified atom stereocenters. The standard InChI is InChI=1S/C18H25FN4O3/c1-13(15-10-16(19)12-20-11-15)21-18(25)23-4-2-14(3-5-23)17(24)22-6-8-26-9-7-22/h10-14H,2-9H2,1H3,(H,21,25). The van der Waals surface area contributed by atoms with E-state index in [0.29, 0.717) is 57.8 Å². The van der Waals surface area contributed by atoms with Gasteiger partial charge < -0.3 is 19.9 Å². The molecule has 1 N–H and O–H groups in total. The summed E-state index contributed by atoms with van der Waals surface area (Å²) >= 11 is 0. The summed E-state index contributed by atoms with van der Waals surface area (Å²) < 4.78 is 18.5. The average Bonchev–Trinajstić information content (AvgIpc) is 2.68. The highest BCUT2D eigenvalue weighted by Crippen LogP contribution is 2.21. The third-order valence-electron chi connectivity index (χ3n) is 5.02. The van der Waals surface area contributed by atoms with Gasteiger partial charge in [0.15, 0.2) is 0 Å². The van der Waals surface area contributed by atoms with Crippen molar-refractivity contribution in [3.8, 4) is 0 Å². The first-order valence-corrected chi connectivity index (χ1v) is 9.07. The number of hydrogen-bond donors (Lipinski definition) is 1. The molecule has 2 fully saturated rings. The molecule has 2 saturated heterocycles. The van der Waals surface area contributed by atoms with Gasteiger partial charge in [-0.1, -0.05) is 0 Å². The summed E-state index contributed by atoms with van der Waals surface area (Å²) in [5, 5.41) is 2.87. The van der Waals surface area contributed by atoms with Crippen LogP contribution in [0.3, 0.4) is 0 Å². The molecule has 8 heteroatoms. The predicted octanol–water partition coefficient (Wildman–Crippen LogP) is 1.56. The fraction of sp³-hybridized carbons (Fsp3) is 0.611. The van der Waals surface area contributed by atoms with Crippen molar-refractivity contribution in [3.63, 3.8) is 0 Å². The summed E-state index contributed by atoms with van der Waals surface area (Å²) in [4.78, 5) is 32.4. The summed E-state index contributed by atoms with van der Waals surface area (Å²) in [5.41, 5.74) is 0.621. The Hall–Kier alpha value is -2.22. The minimum atomic E-state index is -0.425. The molecule has 0 bridgehead atoms. The highest BCUT2D eigenvalue weighted by molar-refractivity contribution is 5.80. The molecule has 0 spiro atoms. The van der Waals surface area contributed by atoms with E-state index in [1.165, 1.54) is 6.07 Å². The Balaban J connectivity index is 1.48. The van der Waals surface area contributed by atoms with Crippen molar-refractivity contribution >= 4 is 11.9 Å². The Morgan fingerprint density at radius 2 is 1.88 bits per heavy atom. The third kappa shape index (κ3) is 4.49. The number of nitrogens with zero attached hydrogens (tertiary/aromatic N) is 3. The van der Waals surface area contributed by atoms with Crippen LogP contribution in [-0.2, 0) is 9.53 Å². The SMILES string of the molecule is CC(NC(=O)N1CCC(C(=O)N2CCOCC2)CC1)c1cncc(F)c1. The van der Waals surface area contributed by atoms with E-state index in [4.69, 9.17) is 4.74 Å². The van der Waals surface area contributed by atoms with E-state index in [0.717, 1.165) is 6.20 Å². The number of amides is 3. The third-order valence-corrected chi connectivity index (χ3v) is 5.02. The van der Waals surface area contributed by atoms with Crippen molar-refractivity contribution in [2.45, 2.75) is 25.8 Å². The average molecular weight is 364 g/mol. The fourth-order valence-corrected chi connectivity index (χ4v) is 3.40.